The Labute approximate surface area is 117 Å². The van der Waals surface area contributed by atoms with Crippen LogP contribution in [0.25, 0.3) is 0 Å². The molecule has 2 aromatic rings. The summed E-state index contributed by atoms with van der Waals surface area (Å²) in [6.07, 6.45) is 3.04. The molecule has 0 radical (unpaired) electrons. The molecule has 4 nitrogen and oxygen atoms in total. The Kier molecular flexibility index (Phi) is 4.45. The molecule has 102 valence electrons. The van der Waals surface area contributed by atoms with Gasteiger partial charge in [0.05, 0.1) is 6.10 Å². The minimum absolute atomic E-state index is 0.363. The first-order valence-corrected chi connectivity index (χ1v) is 6.60. The normalized spacial score (nSPS) is 12.4. The van der Waals surface area contributed by atoms with E-state index in [1.54, 1.807) is 31.3 Å². The molecule has 2 rings (SSSR count). The summed E-state index contributed by atoms with van der Waals surface area (Å²) in [4.78, 5) is 4.24. The number of benzene rings is 1. The first kappa shape index (κ1) is 13.9. The SMILES string of the molecule is CCn1ccnc1COc1ccc(Cl)cc1[C@H](C)O. The Balaban J connectivity index is 2.15. The van der Waals surface area contributed by atoms with Crippen molar-refractivity contribution in [3.05, 3.63) is 47.0 Å². The average molecular weight is 281 g/mol. The third-order valence-corrected chi connectivity index (χ3v) is 3.16. The summed E-state index contributed by atoms with van der Waals surface area (Å²) in [6, 6.07) is 5.23. The molecule has 0 aliphatic carbocycles. The van der Waals surface area contributed by atoms with Crippen molar-refractivity contribution >= 4 is 11.6 Å². The number of aromatic nitrogens is 2. The van der Waals surface area contributed by atoms with E-state index in [0.29, 0.717) is 22.9 Å². The number of ether oxygens (including phenoxy) is 1. The van der Waals surface area contributed by atoms with Crippen LogP contribution in [0.1, 0.15) is 31.3 Å². The lowest BCUT2D eigenvalue weighted by Crippen LogP contribution is -2.07. The highest BCUT2D eigenvalue weighted by molar-refractivity contribution is 6.30. The van der Waals surface area contributed by atoms with Crippen molar-refractivity contribution in [3.63, 3.8) is 0 Å². The van der Waals surface area contributed by atoms with E-state index in [4.69, 9.17) is 16.3 Å². The highest BCUT2D eigenvalue weighted by atomic mass is 35.5. The van der Waals surface area contributed by atoms with Crippen molar-refractivity contribution in [2.75, 3.05) is 0 Å². The van der Waals surface area contributed by atoms with Crippen LogP contribution < -0.4 is 4.74 Å². The number of aryl methyl sites for hydroxylation is 1. The molecule has 0 amide bonds. The number of aliphatic hydroxyl groups is 1. The van der Waals surface area contributed by atoms with Gasteiger partial charge in [0, 0.05) is 29.5 Å². The van der Waals surface area contributed by atoms with Gasteiger partial charge in [0.15, 0.2) is 0 Å². The van der Waals surface area contributed by atoms with Crippen molar-refractivity contribution in [3.8, 4) is 5.75 Å². The second kappa shape index (κ2) is 6.08. The fraction of sp³-hybridized carbons (Fsp3) is 0.357. The molecule has 5 heteroatoms. The van der Waals surface area contributed by atoms with Gasteiger partial charge in [0.1, 0.15) is 18.2 Å². The molecule has 1 heterocycles. The van der Waals surface area contributed by atoms with E-state index < -0.39 is 6.10 Å². The van der Waals surface area contributed by atoms with Crippen molar-refractivity contribution in [1.29, 1.82) is 0 Å². The van der Waals surface area contributed by atoms with E-state index in [2.05, 4.69) is 11.9 Å². The van der Waals surface area contributed by atoms with Gasteiger partial charge in [0.25, 0.3) is 0 Å². The van der Waals surface area contributed by atoms with E-state index in [9.17, 15) is 5.11 Å². The molecule has 0 saturated carbocycles. The van der Waals surface area contributed by atoms with Gasteiger partial charge in [0.2, 0.25) is 0 Å². The fourth-order valence-corrected chi connectivity index (χ4v) is 2.07. The molecule has 0 aliphatic rings. The number of imidazole rings is 1. The molecule has 1 atom stereocenters. The topological polar surface area (TPSA) is 47.3 Å². The molecule has 1 N–H and O–H groups in total. The van der Waals surface area contributed by atoms with Gasteiger partial charge in [-0.2, -0.15) is 0 Å². The molecule has 19 heavy (non-hydrogen) atoms. The lowest BCUT2D eigenvalue weighted by molar-refractivity contribution is 0.189. The highest BCUT2D eigenvalue weighted by Gasteiger charge is 2.11. The molecule has 1 aromatic carbocycles. The Bertz CT molecular complexity index is 552. The first-order chi connectivity index (χ1) is 9.11. The van der Waals surface area contributed by atoms with Crippen LogP contribution in [-0.4, -0.2) is 14.7 Å². The number of rotatable bonds is 5. The van der Waals surface area contributed by atoms with Gasteiger partial charge < -0.3 is 14.4 Å². The van der Waals surface area contributed by atoms with Gasteiger partial charge in [-0.05, 0) is 32.0 Å². The predicted octanol–water partition coefficient (Wildman–Crippen LogP) is 3.19. The van der Waals surface area contributed by atoms with E-state index in [-0.39, 0.29) is 0 Å². The Morgan fingerprint density at radius 2 is 2.26 bits per heavy atom. The molecular weight excluding hydrogens is 264 g/mol. The smallest absolute Gasteiger partial charge is 0.146 e. The van der Waals surface area contributed by atoms with E-state index in [1.807, 2.05) is 10.8 Å². The lowest BCUT2D eigenvalue weighted by Gasteiger charge is -2.14. The van der Waals surface area contributed by atoms with Gasteiger partial charge in [-0.3, -0.25) is 0 Å². The monoisotopic (exact) mass is 280 g/mol. The highest BCUT2D eigenvalue weighted by Crippen LogP contribution is 2.28. The van der Waals surface area contributed by atoms with Crippen LogP contribution in [0.5, 0.6) is 5.75 Å². The Hall–Kier alpha value is -1.52. The van der Waals surface area contributed by atoms with Crippen LogP contribution in [0.2, 0.25) is 5.02 Å². The molecule has 0 bridgehead atoms. The fourth-order valence-electron chi connectivity index (χ4n) is 1.89. The number of nitrogens with zero attached hydrogens (tertiary/aromatic N) is 2. The van der Waals surface area contributed by atoms with Gasteiger partial charge >= 0.3 is 0 Å². The number of aliphatic hydroxyl groups excluding tert-OH is 1. The molecule has 0 fully saturated rings. The second-order valence-electron chi connectivity index (χ2n) is 4.28. The number of hydrogen-bond donors (Lipinski definition) is 1. The van der Waals surface area contributed by atoms with E-state index in [1.165, 1.54) is 0 Å². The molecule has 1 aromatic heterocycles. The van der Waals surface area contributed by atoms with Crippen molar-refractivity contribution < 1.29 is 9.84 Å². The van der Waals surface area contributed by atoms with Crippen LogP contribution >= 0.6 is 11.6 Å². The summed E-state index contributed by atoms with van der Waals surface area (Å²) in [6.45, 7) is 4.95. The lowest BCUT2D eigenvalue weighted by atomic mass is 10.1. The zero-order valence-corrected chi connectivity index (χ0v) is 11.8. The van der Waals surface area contributed by atoms with Crippen LogP contribution in [0, 0.1) is 0 Å². The maximum Gasteiger partial charge on any atom is 0.146 e. The summed E-state index contributed by atoms with van der Waals surface area (Å²) < 4.78 is 7.75. The zero-order valence-electron chi connectivity index (χ0n) is 11.0. The summed E-state index contributed by atoms with van der Waals surface area (Å²) in [7, 11) is 0. The Morgan fingerprint density at radius 1 is 1.47 bits per heavy atom. The maximum absolute atomic E-state index is 9.73. The van der Waals surface area contributed by atoms with Crippen LogP contribution in [-0.2, 0) is 13.2 Å². The average Bonchev–Trinajstić information content (AvgIpc) is 2.84. The van der Waals surface area contributed by atoms with Crippen LogP contribution in [0.4, 0.5) is 0 Å². The summed E-state index contributed by atoms with van der Waals surface area (Å²) >= 11 is 5.93. The maximum atomic E-state index is 9.73. The Morgan fingerprint density at radius 3 is 2.95 bits per heavy atom. The molecule has 0 aliphatic heterocycles. The van der Waals surface area contributed by atoms with Gasteiger partial charge in [-0.25, -0.2) is 4.98 Å². The summed E-state index contributed by atoms with van der Waals surface area (Å²) in [5, 5.41) is 10.3. The first-order valence-electron chi connectivity index (χ1n) is 6.22. The van der Waals surface area contributed by atoms with E-state index >= 15 is 0 Å². The predicted molar refractivity (Wildman–Crippen MR) is 74.3 cm³/mol. The van der Waals surface area contributed by atoms with Gasteiger partial charge in [-0.15, -0.1) is 0 Å². The minimum atomic E-state index is -0.625. The molecule has 0 unspecified atom stereocenters. The molecular formula is C14H17ClN2O2. The quantitative estimate of drug-likeness (QED) is 0.915. The van der Waals surface area contributed by atoms with E-state index in [0.717, 1.165) is 12.4 Å². The standard InChI is InChI=1S/C14H17ClN2O2/c1-3-17-7-6-16-14(17)9-19-13-5-4-11(15)8-12(13)10(2)18/h4-8,10,18H,3,9H2,1-2H3/t10-/m0/s1. The van der Waals surface area contributed by atoms with Crippen LogP contribution in [0.3, 0.4) is 0 Å². The van der Waals surface area contributed by atoms with Crippen molar-refractivity contribution in [1.82, 2.24) is 9.55 Å². The third-order valence-electron chi connectivity index (χ3n) is 2.92. The van der Waals surface area contributed by atoms with Gasteiger partial charge in [-0.1, -0.05) is 11.6 Å². The van der Waals surface area contributed by atoms with Crippen LogP contribution in [0.15, 0.2) is 30.6 Å². The summed E-state index contributed by atoms with van der Waals surface area (Å²) in [5.41, 5.74) is 0.683. The molecule has 0 spiro atoms. The largest absolute Gasteiger partial charge is 0.485 e. The molecule has 0 saturated heterocycles. The zero-order chi connectivity index (χ0) is 13.8. The second-order valence-corrected chi connectivity index (χ2v) is 4.71. The number of halogens is 1. The third kappa shape index (κ3) is 3.28. The van der Waals surface area contributed by atoms with Crippen molar-refractivity contribution in [2.45, 2.75) is 33.1 Å². The number of hydrogen-bond acceptors (Lipinski definition) is 3. The minimum Gasteiger partial charge on any atom is -0.485 e. The summed E-state index contributed by atoms with van der Waals surface area (Å²) in [5.74, 6) is 1.49. The van der Waals surface area contributed by atoms with Crippen molar-refractivity contribution in [2.24, 2.45) is 0 Å².